The van der Waals surface area contributed by atoms with Crippen LogP contribution in [0.1, 0.15) is 78.6 Å². The number of hydrogen-bond donors (Lipinski definition) is 0. The van der Waals surface area contributed by atoms with Crippen molar-refractivity contribution in [2.24, 2.45) is 35.0 Å². The van der Waals surface area contributed by atoms with E-state index in [1.54, 1.807) is 0 Å². The first-order valence-electron chi connectivity index (χ1n) is 11.3. The molecule has 2 heteroatoms. The van der Waals surface area contributed by atoms with E-state index in [-0.39, 0.29) is 11.0 Å². The third-order valence-electron chi connectivity index (χ3n) is 8.84. The molecule has 3 fully saturated rings. The van der Waals surface area contributed by atoms with Gasteiger partial charge in [0.2, 0.25) is 0 Å². The second-order valence-electron chi connectivity index (χ2n) is 10.0. The molecule has 2 nitrogen and oxygen atoms in total. The van der Waals surface area contributed by atoms with Crippen molar-refractivity contribution >= 4 is 5.78 Å². The molecule has 4 aliphatic rings. The molecule has 7 atom stereocenters. The zero-order valence-corrected chi connectivity index (χ0v) is 17.4. The van der Waals surface area contributed by atoms with E-state index in [0.29, 0.717) is 23.5 Å². The summed E-state index contributed by atoms with van der Waals surface area (Å²) in [6, 6.07) is 0. The highest BCUT2D eigenvalue weighted by Crippen LogP contribution is 2.66. The topological polar surface area (TPSA) is 26.3 Å². The maximum Gasteiger partial charge on any atom is 0.155 e. The van der Waals surface area contributed by atoms with Crippen LogP contribution in [0.5, 0.6) is 0 Å². The molecule has 0 saturated heterocycles. The number of unbranched alkanes of at least 4 members (excludes halogenated alkanes) is 1. The summed E-state index contributed by atoms with van der Waals surface area (Å²) in [5, 5.41) is 0. The van der Waals surface area contributed by atoms with E-state index in [1.807, 2.05) is 6.08 Å². The maximum absolute atomic E-state index is 12.0. The molecule has 27 heavy (non-hydrogen) atoms. The number of rotatable bonds is 4. The Morgan fingerprint density at radius 1 is 1.30 bits per heavy atom. The lowest BCUT2D eigenvalue weighted by Gasteiger charge is -2.57. The quantitative estimate of drug-likeness (QED) is 0.479. The highest BCUT2D eigenvalue weighted by Gasteiger charge is 2.64. The van der Waals surface area contributed by atoms with Crippen molar-refractivity contribution in [3.8, 4) is 12.3 Å². The van der Waals surface area contributed by atoms with Crippen molar-refractivity contribution in [1.29, 1.82) is 0 Å². The van der Waals surface area contributed by atoms with Gasteiger partial charge in [-0.1, -0.05) is 38.7 Å². The number of ketones is 1. The molecule has 0 heterocycles. The summed E-state index contributed by atoms with van der Waals surface area (Å²) in [5.41, 5.74) is 1.20. The third-order valence-corrected chi connectivity index (χ3v) is 8.84. The summed E-state index contributed by atoms with van der Waals surface area (Å²) in [7, 11) is 0. The molecule has 0 amide bonds. The van der Waals surface area contributed by atoms with Crippen LogP contribution in [0.3, 0.4) is 0 Å². The van der Waals surface area contributed by atoms with E-state index in [2.05, 4.69) is 26.7 Å². The molecule has 4 aliphatic carbocycles. The van der Waals surface area contributed by atoms with Crippen LogP contribution in [0.4, 0.5) is 0 Å². The number of carbonyl (C=O) groups excluding carboxylic acids is 1. The Labute approximate surface area is 165 Å². The molecule has 0 aromatic rings. The Kier molecular flexibility index (Phi) is 5.04. The van der Waals surface area contributed by atoms with Crippen molar-refractivity contribution in [2.45, 2.75) is 84.2 Å². The van der Waals surface area contributed by atoms with Crippen molar-refractivity contribution < 1.29 is 9.53 Å². The molecule has 4 rings (SSSR count). The van der Waals surface area contributed by atoms with E-state index in [0.717, 1.165) is 57.0 Å². The van der Waals surface area contributed by atoms with Gasteiger partial charge in [-0.25, -0.2) is 0 Å². The van der Waals surface area contributed by atoms with Gasteiger partial charge in [-0.05, 0) is 80.6 Å². The van der Waals surface area contributed by atoms with Crippen LogP contribution in [0.25, 0.3) is 0 Å². The van der Waals surface area contributed by atoms with Crippen LogP contribution in [0.2, 0.25) is 0 Å². The number of ether oxygens (including phenoxy) is 1. The van der Waals surface area contributed by atoms with Crippen molar-refractivity contribution in [3.63, 3.8) is 0 Å². The average molecular weight is 369 g/mol. The Hall–Kier alpha value is -1.07. The molecular weight excluding hydrogens is 332 g/mol. The zero-order chi connectivity index (χ0) is 19.2. The van der Waals surface area contributed by atoms with E-state index in [1.165, 1.54) is 24.8 Å². The molecule has 0 spiro atoms. The first kappa shape index (κ1) is 19.3. The summed E-state index contributed by atoms with van der Waals surface area (Å²) < 4.78 is 6.50. The second-order valence-corrected chi connectivity index (χ2v) is 10.0. The van der Waals surface area contributed by atoms with Gasteiger partial charge in [-0.2, -0.15) is 0 Å². The molecule has 148 valence electrons. The first-order chi connectivity index (χ1) is 13.0. The van der Waals surface area contributed by atoms with Gasteiger partial charge < -0.3 is 4.74 Å². The van der Waals surface area contributed by atoms with Crippen LogP contribution in [0.15, 0.2) is 11.6 Å². The largest absolute Gasteiger partial charge is 0.362 e. The molecule has 0 N–H and O–H groups in total. The summed E-state index contributed by atoms with van der Waals surface area (Å²) in [4.78, 5) is 12.0. The molecular formula is C25H36O2. The minimum Gasteiger partial charge on any atom is -0.362 e. The molecule has 5 unspecified atom stereocenters. The van der Waals surface area contributed by atoms with Gasteiger partial charge in [-0.15, -0.1) is 6.42 Å². The van der Waals surface area contributed by atoms with E-state index in [4.69, 9.17) is 11.2 Å². The number of hydrogen-bond acceptors (Lipinski definition) is 2. The second kappa shape index (κ2) is 7.07. The van der Waals surface area contributed by atoms with Crippen LogP contribution in [-0.4, -0.2) is 18.0 Å². The summed E-state index contributed by atoms with van der Waals surface area (Å²) in [6.45, 7) is 7.87. The number of terminal acetylenes is 1. The third kappa shape index (κ3) is 2.84. The Balaban J connectivity index is 1.62. The fraction of sp³-hybridized carbons (Fsp3) is 0.800. The number of carbonyl (C=O) groups is 1. The summed E-state index contributed by atoms with van der Waals surface area (Å²) in [5.74, 6) is 6.98. The molecule has 0 bridgehead atoms. The number of fused-ring (bicyclic) bond motifs is 5. The van der Waals surface area contributed by atoms with Crippen LogP contribution in [0, 0.1) is 47.3 Å². The minimum atomic E-state index is -0.365. The maximum atomic E-state index is 12.0. The highest BCUT2D eigenvalue weighted by molar-refractivity contribution is 5.91. The van der Waals surface area contributed by atoms with Crippen LogP contribution < -0.4 is 0 Å². The predicted molar refractivity (Wildman–Crippen MR) is 109 cm³/mol. The summed E-state index contributed by atoms with van der Waals surface area (Å²) in [6.07, 6.45) is 18.0. The zero-order valence-electron chi connectivity index (χ0n) is 17.4. The lowest BCUT2D eigenvalue weighted by atomic mass is 9.48. The van der Waals surface area contributed by atoms with Gasteiger partial charge in [-0.3, -0.25) is 4.79 Å². The van der Waals surface area contributed by atoms with Crippen LogP contribution >= 0.6 is 0 Å². The van der Waals surface area contributed by atoms with Crippen molar-refractivity contribution in [2.75, 3.05) is 6.61 Å². The smallest absolute Gasteiger partial charge is 0.155 e. The molecule has 0 radical (unpaired) electrons. The fourth-order valence-corrected chi connectivity index (χ4v) is 7.50. The van der Waals surface area contributed by atoms with E-state index in [9.17, 15) is 4.79 Å². The summed E-state index contributed by atoms with van der Waals surface area (Å²) >= 11 is 0. The molecule has 0 aromatic heterocycles. The van der Waals surface area contributed by atoms with Gasteiger partial charge in [0, 0.05) is 18.4 Å². The SMILES string of the molecule is C#C[C@]1(OCCCC)CCC2C3C(C)CC4=CC(=O)CCC4C3CC[C@@]21C. The van der Waals surface area contributed by atoms with Gasteiger partial charge in [0.05, 0.1) is 0 Å². The first-order valence-corrected chi connectivity index (χ1v) is 11.3. The predicted octanol–water partition coefficient (Wildman–Crippen LogP) is 5.56. The highest BCUT2D eigenvalue weighted by atomic mass is 16.5. The van der Waals surface area contributed by atoms with Crippen LogP contribution in [-0.2, 0) is 9.53 Å². The van der Waals surface area contributed by atoms with Crippen molar-refractivity contribution in [3.05, 3.63) is 11.6 Å². The lowest BCUT2D eigenvalue weighted by Crippen LogP contribution is -2.54. The monoisotopic (exact) mass is 368 g/mol. The van der Waals surface area contributed by atoms with E-state index < -0.39 is 0 Å². The molecule has 0 aliphatic heterocycles. The average Bonchev–Trinajstić information content (AvgIpc) is 2.94. The standard InChI is InChI=1S/C25H36O2/c1-5-7-14-27-25(6-2)13-11-22-23-17(3)15-18-16-19(26)8-9-20(18)21(23)10-12-24(22,25)4/h2,16-17,20-23H,5,7-15H2,1,3-4H3/t17?,20?,21?,22?,23?,24-,25-/m0/s1. The Morgan fingerprint density at radius 2 is 2.11 bits per heavy atom. The fourth-order valence-electron chi connectivity index (χ4n) is 7.50. The van der Waals surface area contributed by atoms with Gasteiger partial charge in [0.25, 0.3) is 0 Å². The molecule has 0 aromatic carbocycles. The number of allylic oxidation sites excluding steroid dienone is 1. The Bertz CT molecular complexity index is 670. The minimum absolute atomic E-state index is 0.108. The van der Waals surface area contributed by atoms with Crippen molar-refractivity contribution in [1.82, 2.24) is 0 Å². The van der Waals surface area contributed by atoms with Gasteiger partial charge in [0.1, 0.15) is 5.60 Å². The van der Waals surface area contributed by atoms with E-state index >= 15 is 0 Å². The van der Waals surface area contributed by atoms with Gasteiger partial charge >= 0.3 is 0 Å². The normalized spacial score (nSPS) is 46.1. The Morgan fingerprint density at radius 3 is 2.85 bits per heavy atom. The lowest BCUT2D eigenvalue weighted by molar-refractivity contribution is -0.130. The van der Waals surface area contributed by atoms with Gasteiger partial charge in [0.15, 0.2) is 5.78 Å². The molecule has 3 saturated carbocycles.